The van der Waals surface area contributed by atoms with E-state index in [1.165, 1.54) is 32.1 Å². The van der Waals surface area contributed by atoms with Gasteiger partial charge in [-0.3, -0.25) is 0 Å². The monoisotopic (exact) mass is 199 g/mol. The molecule has 0 spiro atoms. The minimum Gasteiger partial charge on any atom is -0.385 e. The first-order chi connectivity index (χ1) is 6.84. The first-order valence-electron chi connectivity index (χ1n) is 6.07. The van der Waals surface area contributed by atoms with Crippen molar-refractivity contribution >= 4 is 0 Å². The molecule has 1 rings (SSSR count). The first kappa shape index (κ1) is 12.0. The highest BCUT2D eigenvalue weighted by atomic mass is 16.5. The second-order valence-corrected chi connectivity index (χ2v) is 4.52. The van der Waals surface area contributed by atoms with Gasteiger partial charge in [0.15, 0.2) is 0 Å². The molecular formula is C12H25NO. The van der Waals surface area contributed by atoms with Crippen molar-refractivity contribution in [3.8, 4) is 0 Å². The molecule has 0 heterocycles. The van der Waals surface area contributed by atoms with Gasteiger partial charge in [0.2, 0.25) is 0 Å². The Balaban J connectivity index is 2.13. The zero-order valence-corrected chi connectivity index (χ0v) is 9.72. The largest absolute Gasteiger partial charge is 0.385 e. The summed E-state index contributed by atoms with van der Waals surface area (Å²) in [7, 11) is 1.77. The zero-order chi connectivity index (χ0) is 10.2. The highest BCUT2D eigenvalue weighted by Crippen LogP contribution is 2.22. The van der Waals surface area contributed by atoms with Crippen LogP contribution in [0.3, 0.4) is 0 Å². The first-order valence-corrected chi connectivity index (χ1v) is 6.07. The van der Waals surface area contributed by atoms with E-state index in [1.807, 2.05) is 0 Å². The summed E-state index contributed by atoms with van der Waals surface area (Å²) >= 11 is 0. The summed E-state index contributed by atoms with van der Waals surface area (Å²) in [6, 6.07) is 0.759. The normalized spacial score (nSPS) is 28.7. The lowest BCUT2D eigenvalue weighted by molar-refractivity contribution is 0.191. The fraction of sp³-hybridized carbons (Fsp3) is 1.00. The van der Waals surface area contributed by atoms with Crippen molar-refractivity contribution in [1.82, 2.24) is 5.32 Å². The van der Waals surface area contributed by atoms with Crippen molar-refractivity contribution < 1.29 is 4.74 Å². The summed E-state index contributed by atoms with van der Waals surface area (Å²) in [5.41, 5.74) is 0. The van der Waals surface area contributed by atoms with E-state index >= 15 is 0 Å². The molecule has 0 aliphatic heterocycles. The SMILES string of the molecule is COCCCNC1CCCCCC1C. The molecule has 1 aliphatic rings. The van der Waals surface area contributed by atoms with Crippen LogP contribution < -0.4 is 5.32 Å². The van der Waals surface area contributed by atoms with Gasteiger partial charge in [-0.15, -0.1) is 0 Å². The third-order valence-electron chi connectivity index (χ3n) is 3.29. The highest BCUT2D eigenvalue weighted by molar-refractivity contribution is 4.76. The Morgan fingerprint density at radius 3 is 2.79 bits per heavy atom. The second kappa shape index (κ2) is 7.24. The Morgan fingerprint density at radius 2 is 2.00 bits per heavy atom. The number of ether oxygens (including phenoxy) is 1. The highest BCUT2D eigenvalue weighted by Gasteiger charge is 2.18. The van der Waals surface area contributed by atoms with E-state index < -0.39 is 0 Å². The van der Waals surface area contributed by atoms with Crippen molar-refractivity contribution in [3.63, 3.8) is 0 Å². The molecule has 14 heavy (non-hydrogen) atoms. The van der Waals surface area contributed by atoms with Crippen LogP contribution in [0.25, 0.3) is 0 Å². The topological polar surface area (TPSA) is 21.3 Å². The van der Waals surface area contributed by atoms with Crippen LogP contribution in [0.15, 0.2) is 0 Å². The summed E-state index contributed by atoms with van der Waals surface area (Å²) in [5.74, 6) is 0.861. The van der Waals surface area contributed by atoms with Gasteiger partial charge in [-0.05, 0) is 31.7 Å². The smallest absolute Gasteiger partial charge is 0.0474 e. The van der Waals surface area contributed by atoms with Gasteiger partial charge in [0.1, 0.15) is 0 Å². The van der Waals surface area contributed by atoms with Gasteiger partial charge in [-0.2, -0.15) is 0 Å². The fourth-order valence-corrected chi connectivity index (χ4v) is 2.30. The third-order valence-corrected chi connectivity index (χ3v) is 3.29. The molecule has 1 saturated carbocycles. The van der Waals surface area contributed by atoms with E-state index in [4.69, 9.17) is 4.74 Å². The zero-order valence-electron chi connectivity index (χ0n) is 9.72. The maximum absolute atomic E-state index is 5.04. The van der Waals surface area contributed by atoms with Crippen LogP contribution in [0, 0.1) is 5.92 Å². The number of hydrogen-bond donors (Lipinski definition) is 1. The van der Waals surface area contributed by atoms with E-state index in [-0.39, 0.29) is 0 Å². The van der Waals surface area contributed by atoms with Gasteiger partial charge < -0.3 is 10.1 Å². The molecule has 1 N–H and O–H groups in total. The quantitative estimate of drug-likeness (QED) is 0.543. The summed E-state index contributed by atoms with van der Waals surface area (Å²) in [6.07, 6.45) is 8.18. The molecule has 2 atom stereocenters. The number of rotatable bonds is 5. The van der Waals surface area contributed by atoms with Gasteiger partial charge in [-0.1, -0.05) is 26.2 Å². The number of nitrogens with one attached hydrogen (secondary N) is 1. The Hall–Kier alpha value is -0.0800. The van der Waals surface area contributed by atoms with Crippen molar-refractivity contribution in [3.05, 3.63) is 0 Å². The fourth-order valence-electron chi connectivity index (χ4n) is 2.30. The maximum atomic E-state index is 5.04. The van der Waals surface area contributed by atoms with E-state index in [1.54, 1.807) is 7.11 Å². The Bertz CT molecular complexity index is 138. The van der Waals surface area contributed by atoms with Gasteiger partial charge in [0.05, 0.1) is 0 Å². The molecule has 0 radical (unpaired) electrons. The molecule has 2 nitrogen and oxygen atoms in total. The predicted molar refractivity (Wildman–Crippen MR) is 60.5 cm³/mol. The average molecular weight is 199 g/mol. The lowest BCUT2D eigenvalue weighted by atomic mass is 9.97. The molecular weight excluding hydrogens is 174 g/mol. The molecule has 0 saturated heterocycles. The van der Waals surface area contributed by atoms with E-state index in [9.17, 15) is 0 Å². The standard InChI is InChI=1S/C12H25NO/c1-11-7-4-3-5-8-12(11)13-9-6-10-14-2/h11-13H,3-10H2,1-2H3. The molecule has 2 unspecified atom stereocenters. The van der Waals surface area contributed by atoms with Crippen LogP contribution in [-0.2, 0) is 4.74 Å². The van der Waals surface area contributed by atoms with Gasteiger partial charge in [-0.25, -0.2) is 0 Å². The molecule has 0 amide bonds. The van der Waals surface area contributed by atoms with Crippen molar-refractivity contribution in [2.24, 2.45) is 5.92 Å². The van der Waals surface area contributed by atoms with Gasteiger partial charge in [0.25, 0.3) is 0 Å². The van der Waals surface area contributed by atoms with Gasteiger partial charge in [0, 0.05) is 19.8 Å². The second-order valence-electron chi connectivity index (χ2n) is 4.52. The summed E-state index contributed by atoms with van der Waals surface area (Å²) < 4.78 is 5.04. The van der Waals surface area contributed by atoms with E-state index in [0.29, 0.717) is 0 Å². The summed E-state index contributed by atoms with van der Waals surface area (Å²) in [5, 5.41) is 3.67. The van der Waals surface area contributed by atoms with Crippen LogP contribution in [-0.4, -0.2) is 26.3 Å². The summed E-state index contributed by atoms with van der Waals surface area (Å²) in [6.45, 7) is 4.39. The van der Waals surface area contributed by atoms with Crippen molar-refractivity contribution in [1.29, 1.82) is 0 Å². The van der Waals surface area contributed by atoms with Crippen LogP contribution in [0.5, 0.6) is 0 Å². The van der Waals surface area contributed by atoms with Crippen molar-refractivity contribution in [2.45, 2.75) is 51.5 Å². The van der Waals surface area contributed by atoms with Crippen LogP contribution in [0.1, 0.15) is 45.4 Å². The molecule has 0 aromatic carbocycles. The molecule has 2 heteroatoms. The van der Waals surface area contributed by atoms with E-state index in [0.717, 1.165) is 31.5 Å². The third kappa shape index (κ3) is 4.43. The average Bonchev–Trinajstić information content (AvgIpc) is 2.39. The number of methoxy groups -OCH3 is 1. The minimum atomic E-state index is 0.759. The number of hydrogen-bond acceptors (Lipinski definition) is 2. The Morgan fingerprint density at radius 1 is 1.21 bits per heavy atom. The molecule has 84 valence electrons. The Labute approximate surface area is 88.4 Å². The lowest BCUT2D eigenvalue weighted by Gasteiger charge is -2.22. The van der Waals surface area contributed by atoms with Crippen LogP contribution in [0.4, 0.5) is 0 Å². The molecule has 0 aromatic rings. The molecule has 1 aliphatic carbocycles. The maximum Gasteiger partial charge on any atom is 0.0474 e. The van der Waals surface area contributed by atoms with Crippen LogP contribution in [0.2, 0.25) is 0 Å². The van der Waals surface area contributed by atoms with Gasteiger partial charge >= 0.3 is 0 Å². The predicted octanol–water partition coefficient (Wildman–Crippen LogP) is 2.58. The molecule has 0 bridgehead atoms. The summed E-state index contributed by atoms with van der Waals surface area (Å²) in [4.78, 5) is 0. The van der Waals surface area contributed by atoms with Crippen molar-refractivity contribution in [2.75, 3.05) is 20.3 Å². The Kier molecular flexibility index (Phi) is 6.20. The minimum absolute atomic E-state index is 0.759. The van der Waals surface area contributed by atoms with Crippen LogP contribution >= 0.6 is 0 Å². The molecule has 0 aromatic heterocycles. The molecule has 1 fully saturated rings. The lowest BCUT2D eigenvalue weighted by Crippen LogP contribution is -2.35. The van der Waals surface area contributed by atoms with E-state index in [2.05, 4.69) is 12.2 Å².